The van der Waals surface area contributed by atoms with Crippen molar-refractivity contribution in [3.8, 4) is 0 Å². The van der Waals surface area contributed by atoms with Crippen molar-refractivity contribution in [3.05, 3.63) is 119 Å². The van der Waals surface area contributed by atoms with E-state index in [2.05, 4.69) is 73.5 Å². The fourth-order valence-corrected chi connectivity index (χ4v) is 3.62. The molecule has 3 nitrogen and oxygen atoms in total. The van der Waals surface area contributed by atoms with Crippen LogP contribution in [0.15, 0.2) is 95.5 Å². The average Bonchev–Trinajstić information content (AvgIpc) is 3.18. The predicted octanol–water partition coefficient (Wildman–Crippen LogP) is 6.13. The van der Waals surface area contributed by atoms with E-state index in [4.69, 9.17) is 4.42 Å². The van der Waals surface area contributed by atoms with Crippen LogP contribution in [-0.2, 0) is 25.2 Å². The van der Waals surface area contributed by atoms with Crippen molar-refractivity contribution in [2.75, 3.05) is 0 Å². The van der Waals surface area contributed by atoms with E-state index in [-0.39, 0.29) is 0 Å². The van der Waals surface area contributed by atoms with Crippen molar-refractivity contribution < 1.29 is 9.52 Å². The topological polar surface area (TPSA) is 36.6 Å². The van der Waals surface area contributed by atoms with Crippen molar-refractivity contribution in [1.29, 1.82) is 0 Å². The Kier molecular flexibility index (Phi) is 6.76. The first-order chi connectivity index (χ1) is 14.3. The minimum absolute atomic E-state index is 0.465. The molecule has 3 aromatic rings. The third kappa shape index (κ3) is 4.99. The van der Waals surface area contributed by atoms with Gasteiger partial charge in [0.05, 0.1) is 6.54 Å². The van der Waals surface area contributed by atoms with Gasteiger partial charge in [0.15, 0.2) is 5.60 Å². The minimum atomic E-state index is -1.35. The van der Waals surface area contributed by atoms with E-state index >= 15 is 0 Å². The zero-order valence-corrected chi connectivity index (χ0v) is 18.2. The van der Waals surface area contributed by atoms with E-state index in [1.807, 2.05) is 18.2 Å². The summed E-state index contributed by atoms with van der Waals surface area (Å²) in [5.41, 5.74) is 3.59. The SMILES string of the molecule is C=C(C)C(O)(C(=C)C)c1ccc(CN(Cc2ccccc2)Cc2ccc(C)cc2)o1. The standard InChI is InChI=1S/C27H31NO2/c1-20(2)27(29,21(3)4)26-16-15-25(30-26)19-28(17-23-9-7-6-8-10-23)18-24-13-11-22(5)12-14-24/h6-16,29H,1,3,17-19H2,2,4-5H3. The molecule has 0 amide bonds. The second kappa shape index (κ2) is 9.29. The van der Waals surface area contributed by atoms with Gasteiger partial charge in [-0.15, -0.1) is 0 Å². The smallest absolute Gasteiger partial charge is 0.163 e. The molecule has 3 heteroatoms. The number of benzene rings is 2. The van der Waals surface area contributed by atoms with E-state index in [1.54, 1.807) is 13.8 Å². The molecule has 0 aliphatic rings. The summed E-state index contributed by atoms with van der Waals surface area (Å²) in [7, 11) is 0. The highest BCUT2D eigenvalue weighted by molar-refractivity contribution is 5.35. The molecular weight excluding hydrogens is 370 g/mol. The second-order valence-corrected chi connectivity index (χ2v) is 8.15. The maximum atomic E-state index is 11.1. The summed E-state index contributed by atoms with van der Waals surface area (Å²) in [5, 5.41) is 11.1. The van der Waals surface area contributed by atoms with Crippen LogP contribution < -0.4 is 0 Å². The van der Waals surface area contributed by atoms with E-state index in [0.29, 0.717) is 23.5 Å². The number of aliphatic hydroxyl groups is 1. The lowest BCUT2D eigenvalue weighted by molar-refractivity contribution is 0.0876. The van der Waals surface area contributed by atoms with E-state index in [9.17, 15) is 5.11 Å². The molecule has 0 spiro atoms. The first-order valence-corrected chi connectivity index (χ1v) is 10.2. The van der Waals surface area contributed by atoms with Crippen LogP contribution in [0.25, 0.3) is 0 Å². The average molecular weight is 402 g/mol. The molecule has 0 saturated heterocycles. The molecule has 30 heavy (non-hydrogen) atoms. The van der Waals surface area contributed by atoms with Crippen LogP contribution in [0, 0.1) is 6.92 Å². The van der Waals surface area contributed by atoms with E-state index in [0.717, 1.165) is 18.8 Å². The highest BCUT2D eigenvalue weighted by Crippen LogP contribution is 2.36. The molecule has 0 aliphatic carbocycles. The van der Waals surface area contributed by atoms with Crippen molar-refractivity contribution in [1.82, 2.24) is 4.90 Å². The molecule has 0 atom stereocenters. The van der Waals surface area contributed by atoms with Gasteiger partial charge in [-0.1, -0.05) is 73.3 Å². The van der Waals surface area contributed by atoms with Crippen LogP contribution in [0.3, 0.4) is 0 Å². The summed E-state index contributed by atoms with van der Waals surface area (Å²) in [5.74, 6) is 1.27. The van der Waals surface area contributed by atoms with Crippen molar-refractivity contribution in [2.45, 2.75) is 46.0 Å². The minimum Gasteiger partial charge on any atom is -0.461 e. The summed E-state index contributed by atoms with van der Waals surface area (Å²) in [4.78, 5) is 2.34. The Bertz CT molecular complexity index is 985. The molecule has 2 aromatic carbocycles. The van der Waals surface area contributed by atoms with Gasteiger partial charge >= 0.3 is 0 Å². The molecule has 156 valence electrons. The summed E-state index contributed by atoms with van der Waals surface area (Å²) < 4.78 is 6.08. The summed E-state index contributed by atoms with van der Waals surface area (Å²) in [6.45, 7) is 15.8. The molecule has 0 bridgehead atoms. The molecular formula is C27H31NO2. The first-order valence-electron chi connectivity index (χ1n) is 10.2. The third-order valence-corrected chi connectivity index (χ3v) is 5.41. The summed E-state index contributed by atoms with van der Waals surface area (Å²) >= 11 is 0. The number of hydrogen-bond acceptors (Lipinski definition) is 3. The Morgan fingerprint density at radius 3 is 1.97 bits per heavy atom. The molecule has 0 saturated carbocycles. The summed E-state index contributed by atoms with van der Waals surface area (Å²) in [6, 6.07) is 22.8. The van der Waals surface area contributed by atoms with Crippen LogP contribution in [0.2, 0.25) is 0 Å². The lowest BCUT2D eigenvalue weighted by Crippen LogP contribution is -2.27. The number of aryl methyl sites for hydroxylation is 1. The Morgan fingerprint density at radius 1 is 0.833 bits per heavy atom. The molecule has 0 unspecified atom stereocenters. The molecule has 0 radical (unpaired) electrons. The number of furan rings is 1. The van der Waals surface area contributed by atoms with E-state index in [1.165, 1.54) is 16.7 Å². The van der Waals surface area contributed by atoms with Crippen LogP contribution in [0.5, 0.6) is 0 Å². The molecule has 1 N–H and O–H groups in total. The predicted molar refractivity (Wildman–Crippen MR) is 123 cm³/mol. The molecule has 0 aliphatic heterocycles. The Labute approximate surface area is 180 Å². The monoisotopic (exact) mass is 401 g/mol. The molecule has 1 heterocycles. The summed E-state index contributed by atoms with van der Waals surface area (Å²) in [6.07, 6.45) is 0. The highest BCUT2D eigenvalue weighted by Gasteiger charge is 2.35. The van der Waals surface area contributed by atoms with Crippen LogP contribution in [0.1, 0.15) is 42.1 Å². The quantitative estimate of drug-likeness (QED) is 0.438. The van der Waals surface area contributed by atoms with Gasteiger partial charge in [-0.2, -0.15) is 0 Å². The van der Waals surface area contributed by atoms with Gasteiger partial charge in [0, 0.05) is 13.1 Å². The number of rotatable bonds is 9. The highest BCUT2D eigenvalue weighted by atomic mass is 16.4. The normalized spacial score (nSPS) is 11.6. The van der Waals surface area contributed by atoms with Crippen molar-refractivity contribution in [2.24, 2.45) is 0 Å². The van der Waals surface area contributed by atoms with Crippen molar-refractivity contribution in [3.63, 3.8) is 0 Å². The van der Waals surface area contributed by atoms with Gasteiger partial charge in [-0.05, 0) is 55.2 Å². The Balaban J connectivity index is 1.84. The van der Waals surface area contributed by atoms with Crippen LogP contribution in [0.4, 0.5) is 0 Å². The van der Waals surface area contributed by atoms with Gasteiger partial charge in [-0.3, -0.25) is 4.90 Å². The fourth-order valence-electron chi connectivity index (χ4n) is 3.62. The van der Waals surface area contributed by atoms with Gasteiger partial charge in [-0.25, -0.2) is 0 Å². The largest absolute Gasteiger partial charge is 0.461 e. The number of hydrogen-bond donors (Lipinski definition) is 1. The van der Waals surface area contributed by atoms with Crippen molar-refractivity contribution >= 4 is 0 Å². The lowest BCUT2D eigenvalue weighted by Gasteiger charge is -2.27. The molecule has 3 rings (SSSR count). The van der Waals surface area contributed by atoms with Gasteiger partial charge in [0.25, 0.3) is 0 Å². The molecule has 1 aromatic heterocycles. The number of nitrogens with zero attached hydrogens (tertiary/aromatic N) is 1. The Hall–Kier alpha value is -2.88. The van der Waals surface area contributed by atoms with Gasteiger partial charge in [0.2, 0.25) is 0 Å². The zero-order chi connectivity index (χ0) is 21.7. The van der Waals surface area contributed by atoms with Gasteiger partial charge in [0.1, 0.15) is 11.5 Å². The first kappa shape index (κ1) is 21.8. The Morgan fingerprint density at radius 2 is 1.40 bits per heavy atom. The fraction of sp³-hybridized carbons (Fsp3) is 0.259. The van der Waals surface area contributed by atoms with Crippen LogP contribution in [-0.4, -0.2) is 10.0 Å². The maximum Gasteiger partial charge on any atom is 0.163 e. The third-order valence-electron chi connectivity index (χ3n) is 5.41. The van der Waals surface area contributed by atoms with Crippen LogP contribution >= 0.6 is 0 Å². The maximum absolute atomic E-state index is 11.1. The van der Waals surface area contributed by atoms with E-state index < -0.39 is 5.60 Å². The van der Waals surface area contributed by atoms with Gasteiger partial charge < -0.3 is 9.52 Å². The zero-order valence-electron chi connectivity index (χ0n) is 18.2. The molecule has 0 fully saturated rings. The second-order valence-electron chi connectivity index (χ2n) is 8.15. The lowest BCUT2D eigenvalue weighted by atomic mass is 9.87.